The zero-order chi connectivity index (χ0) is 14.3. The zero-order valence-electron chi connectivity index (χ0n) is 10.8. The Kier molecular flexibility index (Phi) is 3.93. The van der Waals surface area contributed by atoms with Gasteiger partial charge in [0.1, 0.15) is 0 Å². The van der Waals surface area contributed by atoms with E-state index in [2.05, 4.69) is 0 Å². The summed E-state index contributed by atoms with van der Waals surface area (Å²) in [5.74, 6) is -0.00604. The molecule has 0 heterocycles. The lowest BCUT2D eigenvalue weighted by Gasteiger charge is -2.12. The van der Waals surface area contributed by atoms with Gasteiger partial charge in [0.05, 0.1) is 5.25 Å². The average molecular weight is 303 g/mol. The molecule has 1 aliphatic rings. The van der Waals surface area contributed by atoms with Crippen molar-refractivity contribution in [3.63, 3.8) is 0 Å². The third kappa shape index (κ3) is 2.29. The molecule has 106 valence electrons. The highest BCUT2D eigenvalue weighted by Crippen LogP contribution is 2.61. The third-order valence-electron chi connectivity index (χ3n) is 4.16. The van der Waals surface area contributed by atoms with Crippen LogP contribution in [0, 0.1) is 5.41 Å². The number of sulfone groups is 1. The molecule has 0 aliphatic heterocycles. The summed E-state index contributed by atoms with van der Waals surface area (Å²) < 4.78 is 24.4. The lowest BCUT2D eigenvalue weighted by Crippen LogP contribution is -2.31. The second-order valence-electron chi connectivity index (χ2n) is 5.04. The first-order chi connectivity index (χ1) is 8.93. The van der Waals surface area contributed by atoms with Crippen molar-refractivity contribution in [1.82, 2.24) is 0 Å². The highest BCUT2D eigenvalue weighted by Gasteiger charge is 2.68. The Morgan fingerprint density at radius 1 is 1.21 bits per heavy atom. The van der Waals surface area contributed by atoms with E-state index >= 15 is 0 Å². The summed E-state index contributed by atoms with van der Waals surface area (Å²) in [4.78, 5) is 0. The van der Waals surface area contributed by atoms with Crippen LogP contribution in [0.15, 0.2) is 24.3 Å². The molecule has 0 saturated heterocycles. The van der Waals surface area contributed by atoms with E-state index in [9.17, 15) is 8.42 Å². The maximum absolute atomic E-state index is 12.2. The van der Waals surface area contributed by atoms with Gasteiger partial charge in [0.25, 0.3) is 0 Å². The van der Waals surface area contributed by atoms with Gasteiger partial charge in [0.2, 0.25) is 0 Å². The molecule has 0 spiro atoms. The van der Waals surface area contributed by atoms with Gasteiger partial charge in [0, 0.05) is 35.2 Å². The Hall–Kier alpha value is -0.620. The van der Waals surface area contributed by atoms with Crippen LogP contribution in [0.4, 0.5) is 0 Å². The molecule has 1 saturated carbocycles. The Labute approximate surface area is 119 Å². The highest BCUT2D eigenvalue weighted by atomic mass is 35.5. The van der Waals surface area contributed by atoms with Gasteiger partial charge in [-0.25, -0.2) is 8.42 Å². The van der Waals surface area contributed by atoms with E-state index < -0.39 is 20.5 Å². The van der Waals surface area contributed by atoms with E-state index in [-0.39, 0.29) is 24.8 Å². The topological polar surface area (TPSA) is 86.2 Å². The molecule has 4 N–H and O–H groups in total. The minimum atomic E-state index is -3.16. The summed E-state index contributed by atoms with van der Waals surface area (Å²) >= 11 is 5.86. The monoisotopic (exact) mass is 302 g/mol. The molecule has 0 amide bonds. The average Bonchev–Trinajstić information content (AvgIpc) is 3.10. The minimum Gasteiger partial charge on any atom is -0.330 e. The van der Waals surface area contributed by atoms with Gasteiger partial charge in [0.15, 0.2) is 9.84 Å². The Morgan fingerprint density at radius 2 is 1.74 bits per heavy atom. The van der Waals surface area contributed by atoms with Gasteiger partial charge >= 0.3 is 0 Å². The first kappa shape index (κ1) is 14.8. The molecular weight excluding hydrogens is 284 g/mol. The highest BCUT2D eigenvalue weighted by molar-refractivity contribution is 7.92. The molecule has 1 aliphatic carbocycles. The SMILES string of the molecule is CCS(=O)(=O)C1C(c2ccc(Cl)cc2)C1(CN)CN. The van der Waals surface area contributed by atoms with Gasteiger partial charge in [-0.05, 0) is 17.7 Å². The molecule has 0 aromatic heterocycles. The van der Waals surface area contributed by atoms with Crippen molar-refractivity contribution in [2.45, 2.75) is 18.1 Å². The van der Waals surface area contributed by atoms with Crippen LogP contribution >= 0.6 is 11.6 Å². The van der Waals surface area contributed by atoms with E-state index in [4.69, 9.17) is 23.1 Å². The number of halogens is 1. The molecule has 0 radical (unpaired) electrons. The predicted octanol–water partition coefficient (Wildman–Crippen LogP) is 1.14. The summed E-state index contributed by atoms with van der Waals surface area (Å²) in [6.07, 6.45) is 0. The summed E-state index contributed by atoms with van der Waals surface area (Å²) in [7, 11) is -3.16. The number of benzene rings is 1. The van der Waals surface area contributed by atoms with Crippen LogP contribution in [0.1, 0.15) is 18.4 Å². The quantitative estimate of drug-likeness (QED) is 0.854. The number of nitrogens with two attached hydrogens (primary N) is 2. The molecule has 1 aromatic carbocycles. The van der Waals surface area contributed by atoms with Crippen LogP contribution in [0.3, 0.4) is 0 Å². The van der Waals surface area contributed by atoms with E-state index in [0.717, 1.165) is 5.56 Å². The van der Waals surface area contributed by atoms with Gasteiger partial charge in [-0.2, -0.15) is 0 Å². The fraction of sp³-hybridized carbons (Fsp3) is 0.538. The van der Waals surface area contributed by atoms with Crippen molar-refractivity contribution < 1.29 is 8.42 Å². The molecule has 1 fully saturated rings. The van der Waals surface area contributed by atoms with Crippen LogP contribution < -0.4 is 11.5 Å². The molecule has 0 bridgehead atoms. The maximum Gasteiger partial charge on any atom is 0.154 e. The van der Waals surface area contributed by atoms with E-state index in [1.165, 1.54) is 0 Å². The minimum absolute atomic E-state index is 0.115. The first-order valence-electron chi connectivity index (χ1n) is 6.30. The standard InChI is InChI=1S/C13H19ClN2O2S/c1-2-19(17,18)12-11(13(12,7-15)8-16)9-3-5-10(14)6-4-9/h3-6,11-12H,2,7-8,15-16H2,1H3. The molecule has 19 heavy (non-hydrogen) atoms. The Bertz CT molecular complexity index is 553. The van der Waals surface area contributed by atoms with Gasteiger partial charge < -0.3 is 11.5 Å². The Balaban J connectivity index is 2.42. The normalized spacial score (nSPS) is 25.3. The van der Waals surface area contributed by atoms with Crippen LogP contribution in [0.2, 0.25) is 5.02 Å². The fourth-order valence-electron chi connectivity index (χ4n) is 2.94. The van der Waals surface area contributed by atoms with Crippen molar-refractivity contribution >= 4 is 21.4 Å². The van der Waals surface area contributed by atoms with E-state index in [1.54, 1.807) is 19.1 Å². The number of hydrogen-bond donors (Lipinski definition) is 2. The molecule has 4 nitrogen and oxygen atoms in total. The first-order valence-corrected chi connectivity index (χ1v) is 8.39. The number of rotatable bonds is 5. The predicted molar refractivity (Wildman–Crippen MR) is 78.0 cm³/mol. The van der Waals surface area contributed by atoms with Crippen LogP contribution in [0.5, 0.6) is 0 Å². The fourth-order valence-corrected chi connectivity index (χ4v) is 5.25. The lowest BCUT2D eigenvalue weighted by molar-refractivity contribution is 0.510. The lowest BCUT2D eigenvalue weighted by atomic mass is 9.99. The molecule has 1 aromatic rings. The van der Waals surface area contributed by atoms with Crippen molar-refractivity contribution in [2.24, 2.45) is 16.9 Å². The smallest absolute Gasteiger partial charge is 0.154 e. The molecule has 6 heteroatoms. The third-order valence-corrected chi connectivity index (χ3v) is 6.73. The summed E-state index contributed by atoms with van der Waals surface area (Å²) in [5, 5.41) is 0.159. The molecule has 2 rings (SSSR count). The molecular formula is C13H19ClN2O2S. The Morgan fingerprint density at radius 3 is 2.16 bits per heavy atom. The van der Waals surface area contributed by atoms with E-state index in [0.29, 0.717) is 5.02 Å². The van der Waals surface area contributed by atoms with Gasteiger partial charge in [-0.15, -0.1) is 0 Å². The molecule has 2 unspecified atom stereocenters. The van der Waals surface area contributed by atoms with Crippen molar-refractivity contribution in [3.05, 3.63) is 34.9 Å². The van der Waals surface area contributed by atoms with Gasteiger partial charge in [-0.1, -0.05) is 30.7 Å². The van der Waals surface area contributed by atoms with Crippen LogP contribution in [-0.4, -0.2) is 32.5 Å². The van der Waals surface area contributed by atoms with E-state index in [1.807, 2.05) is 12.1 Å². The summed E-state index contributed by atoms with van der Waals surface area (Å²) in [6.45, 7) is 2.21. The van der Waals surface area contributed by atoms with Crippen LogP contribution in [-0.2, 0) is 9.84 Å². The summed E-state index contributed by atoms with van der Waals surface area (Å²) in [6, 6.07) is 7.25. The largest absolute Gasteiger partial charge is 0.330 e. The number of hydrogen-bond acceptors (Lipinski definition) is 4. The van der Waals surface area contributed by atoms with Crippen molar-refractivity contribution in [2.75, 3.05) is 18.8 Å². The van der Waals surface area contributed by atoms with Crippen molar-refractivity contribution in [3.8, 4) is 0 Å². The molecule has 2 atom stereocenters. The van der Waals surface area contributed by atoms with Crippen LogP contribution in [0.25, 0.3) is 0 Å². The van der Waals surface area contributed by atoms with Gasteiger partial charge in [-0.3, -0.25) is 0 Å². The van der Waals surface area contributed by atoms with Crippen molar-refractivity contribution in [1.29, 1.82) is 0 Å². The zero-order valence-corrected chi connectivity index (χ0v) is 12.4. The second kappa shape index (κ2) is 5.05. The maximum atomic E-state index is 12.2. The summed E-state index contributed by atoms with van der Waals surface area (Å²) in [5.41, 5.74) is 12.0. The second-order valence-corrected chi connectivity index (χ2v) is 7.89.